The van der Waals surface area contributed by atoms with Crippen molar-refractivity contribution in [3.8, 4) is 0 Å². The number of carbonyl (C=O) groups is 1. The summed E-state index contributed by atoms with van der Waals surface area (Å²) in [4.78, 5) is 11.7. The molecule has 1 amide bonds. The zero-order chi connectivity index (χ0) is 11.4. The first-order valence-corrected chi connectivity index (χ1v) is 5.19. The lowest BCUT2D eigenvalue weighted by Crippen LogP contribution is -2.37. The quantitative estimate of drug-likeness (QED) is 0.877. The van der Waals surface area contributed by atoms with E-state index in [9.17, 15) is 4.79 Å². The standard InChI is InChI=1S/C11H15ClN2O.ClH/c1-7-3-4-9(5-10(7)12)11(15)14-8(2)6-13;/h3-5,8H,6,13H2,1-2H3,(H,14,15);1H/t8-;/m0./s1. The van der Waals surface area contributed by atoms with Crippen molar-refractivity contribution in [3.05, 3.63) is 34.3 Å². The fraction of sp³-hybridized carbons (Fsp3) is 0.364. The highest BCUT2D eigenvalue weighted by molar-refractivity contribution is 6.31. The average molecular weight is 263 g/mol. The Labute approximate surface area is 107 Å². The van der Waals surface area contributed by atoms with Gasteiger partial charge < -0.3 is 11.1 Å². The molecular weight excluding hydrogens is 247 g/mol. The fourth-order valence-corrected chi connectivity index (χ4v) is 1.28. The van der Waals surface area contributed by atoms with Gasteiger partial charge in [-0.3, -0.25) is 4.79 Å². The maximum Gasteiger partial charge on any atom is 0.251 e. The summed E-state index contributed by atoms with van der Waals surface area (Å²) in [6.07, 6.45) is 0. The van der Waals surface area contributed by atoms with Gasteiger partial charge in [-0.25, -0.2) is 0 Å². The minimum atomic E-state index is -0.144. The van der Waals surface area contributed by atoms with Crippen LogP contribution in [-0.4, -0.2) is 18.5 Å². The third-order valence-corrected chi connectivity index (χ3v) is 2.57. The summed E-state index contributed by atoms with van der Waals surface area (Å²) in [6, 6.07) is 5.21. The number of rotatable bonds is 3. The van der Waals surface area contributed by atoms with E-state index in [1.54, 1.807) is 12.1 Å². The summed E-state index contributed by atoms with van der Waals surface area (Å²) in [7, 11) is 0. The van der Waals surface area contributed by atoms with Gasteiger partial charge >= 0.3 is 0 Å². The number of benzene rings is 1. The van der Waals surface area contributed by atoms with Crippen LogP contribution in [0, 0.1) is 6.92 Å². The maximum absolute atomic E-state index is 11.7. The number of halogens is 2. The molecule has 0 aliphatic heterocycles. The van der Waals surface area contributed by atoms with E-state index in [0.29, 0.717) is 17.1 Å². The molecule has 1 aromatic rings. The van der Waals surface area contributed by atoms with Crippen LogP contribution in [0.15, 0.2) is 18.2 Å². The lowest BCUT2D eigenvalue weighted by Gasteiger charge is -2.11. The predicted octanol–water partition coefficient (Wildman–Crippen LogP) is 2.15. The predicted molar refractivity (Wildman–Crippen MR) is 69.4 cm³/mol. The van der Waals surface area contributed by atoms with Gasteiger partial charge in [0.2, 0.25) is 0 Å². The number of hydrogen-bond acceptors (Lipinski definition) is 2. The van der Waals surface area contributed by atoms with E-state index < -0.39 is 0 Å². The number of hydrogen-bond donors (Lipinski definition) is 2. The van der Waals surface area contributed by atoms with E-state index in [2.05, 4.69) is 5.32 Å². The minimum absolute atomic E-state index is 0. The van der Waals surface area contributed by atoms with Crippen LogP contribution in [0.25, 0.3) is 0 Å². The molecule has 0 spiro atoms. The van der Waals surface area contributed by atoms with Gasteiger partial charge in [0.1, 0.15) is 0 Å². The third kappa shape index (κ3) is 4.00. The molecule has 0 fully saturated rings. The first-order valence-electron chi connectivity index (χ1n) is 4.81. The van der Waals surface area contributed by atoms with E-state index in [-0.39, 0.29) is 24.4 Å². The highest BCUT2D eigenvalue weighted by Crippen LogP contribution is 2.16. The second-order valence-corrected chi connectivity index (χ2v) is 3.98. The topological polar surface area (TPSA) is 55.1 Å². The van der Waals surface area contributed by atoms with Crippen LogP contribution < -0.4 is 11.1 Å². The van der Waals surface area contributed by atoms with Gasteiger partial charge in [0.15, 0.2) is 0 Å². The molecule has 0 aromatic heterocycles. The first-order chi connectivity index (χ1) is 7.04. The average Bonchev–Trinajstić information content (AvgIpc) is 2.21. The molecule has 0 heterocycles. The second-order valence-electron chi connectivity index (χ2n) is 3.57. The van der Waals surface area contributed by atoms with E-state index in [0.717, 1.165) is 5.56 Å². The Morgan fingerprint density at radius 2 is 2.19 bits per heavy atom. The Morgan fingerprint density at radius 3 is 2.69 bits per heavy atom. The van der Waals surface area contributed by atoms with Gasteiger partial charge in [-0.15, -0.1) is 12.4 Å². The van der Waals surface area contributed by atoms with Crippen LogP contribution in [0.3, 0.4) is 0 Å². The summed E-state index contributed by atoms with van der Waals surface area (Å²) in [5.41, 5.74) is 6.93. The summed E-state index contributed by atoms with van der Waals surface area (Å²) < 4.78 is 0. The second kappa shape index (κ2) is 6.74. The molecule has 1 aromatic carbocycles. The molecule has 5 heteroatoms. The van der Waals surface area contributed by atoms with Crippen molar-refractivity contribution >= 4 is 29.9 Å². The Kier molecular flexibility index (Phi) is 6.41. The third-order valence-electron chi connectivity index (χ3n) is 2.17. The number of amides is 1. The van der Waals surface area contributed by atoms with Crippen LogP contribution >= 0.6 is 24.0 Å². The SMILES string of the molecule is Cc1ccc(C(=O)N[C@@H](C)CN)cc1Cl.Cl. The summed E-state index contributed by atoms with van der Waals surface area (Å²) in [5.74, 6) is -0.144. The van der Waals surface area contributed by atoms with Gasteiger partial charge in [-0.1, -0.05) is 17.7 Å². The molecule has 3 N–H and O–H groups in total. The zero-order valence-corrected chi connectivity index (χ0v) is 10.9. The van der Waals surface area contributed by atoms with Crippen molar-refractivity contribution in [1.82, 2.24) is 5.32 Å². The van der Waals surface area contributed by atoms with Crippen molar-refractivity contribution in [3.63, 3.8) is 0 Å². The lowest BCUT2D eigenvalue weighted by molar-refractivity contribution is 0.0941. The number of nitrogens with one attached hydrogen (secondary N) is 1. The monoisotopic (exact) mass is 262 g/mol. The van der Waals surface area contributed by atoms with Crippen LogP contribution in [0.1, 0.15) is 22.8 Å². The van der Waals surface area contributed by atoms with Gasteiger partial charge in [0, 0.05) is 23.2 Å². The van der Waals surface area contributed by atoms with Gasteiger partial charge in [-0.2, -0.15) is 0 Å². The van der Waals surface area contributed by atoms with Crippen LogP contribution in [0.2, 0.25) is 5.02 Å². The van der Waals surface area contributed by atoms with Gasteiger partial charge in [0.25, 0.3) is 5.91 Å². The van der Waals surface area contributed by atoms with Crippen LogP contribution in [0.4, 0.5) is 0 Å². The van der Waals surface area contributed by atoms with Crippen molar-refractivity contribution in [2.75, 3.05) is 6.54 Å². The minimum Gasteiger partial charge on any atom is -0.348 e. The summed E-state index contributed by atoms with van der Waals surface area (Å²) in [5, 5.41) is 3.37. The molecule has 1 rings (SSSR count). The Morgan fingerprint density at radius 1 is 1.56 bits per heavy atom. The fourth-order valence-electron chi connectivity index (χ4n) is 1.10. The largest absolute Gasteiger partial charge is 0.348 e. The van der Waals surface area contributed by atoms with Gasteiger partial charge in [0.05, 0.1) is 0 Å². The highest BCUT2D eigenvalue weighted by Gasteiger charge is 2.09. The molecule has 0 aliphatic carbocycles. The normalized spacial score (nSPS) is 11.5. The van der Waals surface area contributed by atoms with Crippen molar-refractivity contribution in [2.45, 2.75) is 19.9 Å². The van der Waals surface area contributed by atoms with Crippen LogP contribution in [-0.2, 0) is 0 Å². The summed E-state index contributed by atoms with van der Waals surface area (Å²) >= 11 is 5.92. The maximum atomic E-state index is 11.7. The molecule has 0 saturated heterocycles. The van der Waals surface area contributed by atoms with E-state index >= 15 is 0 Å². The molecule has 0 unspecified atom stereocenters. The zero-order valence-electron chi connectivity index (χ0n) is 9.29. The molecule has 90 valence electrons. The number of nitrogens with two attached hydrogens (primary N) is 1. The molecule has 16 heavy (non-hydrogen) atoms. The molecular formula is C11H16Cl2N2O. The molecule has 0 radical (unpaired) electrons. The van der Waals surface area contributed by atoms with E-state index in [1.165, 1.54) is 0 Å². The lowest BCUT2D eigenvalue weighted by atomic mass is 10.1. The van der Waals surface area contributed by atoms with E-state index in [4.69, 9.17) is 17.3 Å². The van der Waals surface area contributed by atoms with Gasteiger partial charge in [-0.05, 0) is 31.5 Å². The Balaban J connectivity index is 0.00000225. The highest BCUT2D eigenvalue weighted by atomic mass is 35.5. The van der Waals surface area contributed by atoms with Crippen molar-refractivity contribution in [2.24, 2.45) is 5.73 Å². The molecule has 1 atom stereocenters. The van der Waals surface area contributed by atoms with Crippen LogP contribution in [0.5, 0.6) is 0 Å². The molecule has 3 nitrogen and oxygen atoms in total. The smallest absolute Gasteiger partial charge is 0.251 e. The molecule has 0 bridgehead atoms. The Hall–Kier alpha value is -0.770. The van der Waals surface area contributed by atoms with E-state index in [1.807, 2.05) is 19.9 Å². The molecule has 0 saturated carbocycles. The summed E-state index contributed by atoms with van der Waals surface area (Å²) in [6.45, 7) is 4.17. The van der Waals surface area contributed by atoms with Crippen molar-refractivity contribution < 1.29 is 4.79 Å². The Bertz CT molecular complexity index is 369. The number of carbonyl (C=O) groups excluding carboxylic acids is 1. The van der Waals surface area contributed by atoms with Crippen molar-refractivity contribution in [1.29, 1.82) is 0 Å². The first kappa shape index (κ1) is 15.2. The number of aryl methyl sites for hydroxylation is 1. The molecule has 0 aliphatic rings.